The van der Waals surface area contributed by atoms with Gasteiger partial charge in [-0.3, -0.25) is 4.79 Å². The molecule has 8 heteroatoms. The number of methoxy groups -OCH3 is 1. The first kappa shape index (κ1) is 18.3. The van der Waals surface area contributed by atoms with E-state index in [1.165, 1.54) is 26.2 Å². The average Bonchev–Trinajstić information content (AvgIpc) is 2.54. The van der Waals surface area contributed by atoms with Crippen LogP contribution in [0.1, 0.15) is 36.6 Å². The molecule has 0 radical (unpaired) electrons. The van der Waals surface area contributed by atoms with Crippen LogP contribution in [0.5, 0.6) is 5.75 Å². The molecule has 2 N–H and O–H groups in total. The van der Waals surface area contributed by atoms with Crippen LogP contribution in [-0.4, -0.2) is 30.1 Å². The van der Waals surface area contributed by atoms with Crippen LogP contribution in [0, 0.1) is 6.92 Å². The van der Waals surface area contributed by atoms with Crippen LogP contribution < -0.4 is 15.2 Å². The first-order valence-corrected chi connectivity index (χ1v) is 7.36. The summed E-state index contributed by atoms with van der Waals surface area (Å²) < 4.78 is 5.00. The fourth-order valence-electron chi connectivity index (χ4n) is 2.23. The molecule has 130 valence electrons. The van der Waals surface area contributed by atoms with Gasteiger partial charge in [0.15, 0.2) is 0 Å². The highest BCUT2D eigenvalue weighted by atomic mass is 35.5. The summed E-state index contributed by atoms with van der Waals surface area (Å²) >= 11 is 5.97. The molecule has 25 heavy (non-hydrogen) atoms. The lowest BCUT2D eigenvalue weighted by Gasteiger charge is -2.13. The van der Waals surface area contributed by atoms with Gasteiger partial charge in [0.05, 0.1) is 23.7 Å². The summed E-state index contributed by atoms with van der Waals surface area (Å²) in [5.41, 5.74) is -0.439. The maximum absolute atomic E-state index is 12.3. The Hall–Kier alpha value is -3.06. The number of halogens is 1. The number of amides is 1. The van der Waals surface area contributed by atoms with E-state index in [0.717, 1.165) is 12.1 Å². The summed E-state index contributed by atoms with van der Waals surface area (Å²) in [4.78, 5) is 34.8. The predicted octanol–water partition coefficient (Wildman–Crippen LogP) is 1.97. The van der Waals surface area contributed by atoms with Gasteiger partial charge in [-0.05, 0) is 42.8 Å². The summed E-state index contributed by atoms with van der Waals surface area (Å²) in [5.74, 6) is -3.18. The van der Waals surface area contributed by atoms with Gasteiger partial charge >= 0.3 is 5.97 Å². The normalized spacial score (nSPS) is 10.2. The van der Waals surface area contributed by atoms with Gasteiger partial charge in [0.2, 0.25) is 0 Å². The topological polar surface area (TPSA) is 116 Å². The molecule has 0 aromatic heterocycles. The van der Waals surface area contributed by atoms with E-state index in [2.05, 4.69) is 5.32 Å². The number of carboxylic acid groups (broad SMARTS) is 2. The maximum atomic E-state index is 12.3. The molecule has 0 aliphatic rings. The highest BCUT2D eigenvalue weighted by molar-refractivity contribution is 6.32. The Bertz CT molecular complexity index is 842. The summed E-state index contributed by atoms with van der Waals surface area (Å²) in [7, 11) is 1.45. The Balaban J connectivity index is 2.40. The SMILES string of the molecule is COc1ccc(NC(=O)c2cc(C(=O)[O-])c(C)c(C(=O)O)c2)cc1Cl. The van der Waals surface area contributed by atoms with Crippen molar-refractivity contribution >= 4 is 35.1 Å². The molecule has 0 bridgehead atoms. The van der Waals surface area contributed by atoms with Gasteiger partial charge in [-0.25, -0.2) is 4.79 Å². The van der Waals surface area contributed by atoms with E-state index in [0.29, 0.717) is 11.4 Å². The van der Waals surface area contributed by atoms with Crippen LogP contribution in [0.2, 0.25) is 5.02 Å². The number of aromatic carboxylic acids is 2. The smallest absolute Gasteiger partial charge is 0.335 e. The zero-order valence-electron chi connectivity index (χ0n) is 13.3. The summed E-state index contributed by atoms with van der Waals surface area (Å²) in [6.07, 6.45) is 0. The molecule has 0 heterocycles. The van der Waals surface area contributed by atoms with Crippen LogP contribution >= 0.6 is 11.6 Å². The number of carboxylic acids is 2. The number of hydrogen-bond acceptors (Lipinski definition) is 5. The minimum absolute atomic E-state index is 0.0107. The van der Waals surface area contributed by atoms with E-state index in [4.69, 9.17) is 16.3 Å². The third-order valence-electron chi connectivity index (χ3n) is 3.53. The lowest BCUT2D eigenvalue weighted by Crippen LogP contribution is -2.25. The molecule has 0 spiro atoms. The molecule has 2 aromatic rings. The number of hydrogen-bond donors (Lipinski definition) is 2. The van der Waals surface area contributed by atoms with Crippen LogP contribution in [0.25, 0.3) is 0 Å². The van der Waals surface area contributed by atoms with E-state index < -0.39 is 17.8 Å². The zero-order chi connectivity index (χ0) is 18.7. The molecule has 0 fully saturated rings. The van der Waals surface area contributed by atoms with Crippen molar-refractivity contribution in [1.29, 1.82) is 0 Å². The molecular weight excluding hydrogens is 350 g/mol. The van der Waals surface area contributed by atoms with Crippen molar-refractivity contribution in [3.8, 4) is 5.75 Å². The van der Waals surface area contributed by atoms with Crippen LogP contribution in [0.3, 0.4) is 0 Å². The van der Waals surface area contributed by atoms with Gasteiger partial charge in [0.1, 0.15) is 5.75 Å². The van der Waals surface area contributed by atoms with Crippen molar-refractivity contribution in [2.45, 2.75) is 6.92 Å². The van der Waals surface area contributed by atoms with Crippen molar-refractivity contribution < 1.29 is 29.3 Å². The first-order chi connectivity index (χ1) is 11.7. The van der Waals surface area contributed by atoms with Crippen LogP contribution in [0.15, 0.2) is 30.3 Å². The highest BCUT2D eigenvalue weighted by Crippen LogP contribution is 2.27. The second-order valence-corrected chi connectivity index (χ2v) is 5.50. The molecule has 0 atom stereocenters. The maximum Gasteiger partial charge on any atom is 0.335 e. The van der Waals surface area contributed by atoms with Gasteiger partial charge in [-0.1, -0.05) is 11.6 Å². The number of benzene rings is 2. The number of anilines is 1. The predicted molar refractivity (Wildman–Crippen MR) is 88.4 cm³/mol. The standard InChI is InChI=1S/C17H14ClNO6/c1-8-11(16(21)22)5-9(6-12(8)17(23)24)15(20)19-10-3-4-14(25-2)13(18)7-10/h3-7H,1-2H3,(H,19,20)(H,21,22)(H,23,24)/p-1. The van der Waals surface area contributed by atoms with Gasteiger partial charge < -0.3 is 25.1 Å². The highest BCUT2D eigenvalue weighted by Gasteiger charge is 2.17. The fourth-order valence-corrected chi connectivity index (χ4v) is 2.48. The number of carbonyl (C=O) groups excluding carboxylic acids is 2. The van der Waals surface area contributed by atoms with Crippen molar-refractivity contribution in [3.63, 3.8) is 0 Å². The monoisotopic (exact) mass is 362 g/mol. The third-order valence-corrected chi connectivity index (χ3v) is 3.83. The lowest BCUT2D eigenvalue weighted by molar-refractivity contribution is -0.255. The number of ether oxygens (including phenoxy) is 1. The number of rotatable bonds is 5. The molecule has 2 rings (SSSR count). The minimum atomic E-state index is -1.57. The fraction of sp³-hybridized carbons (Fsp3) is 0.118. The van der Waals surface area contributed by atoms with E-state index in [1.807, 2.05) is 0 Å². The molecule has 0 saturated heterocycles. The Kier molecular flexibility index (Phi) is 5.29. The molecular formula is C17H13ClNO6-. The molecule has 0 saturated carbocycles. The minimum Gasteiger partial charge on any atom is -0.545 e. The molecule has 2 aromatic carbocycles. The molecule has 0 aliphatic heterocycles. The van der Waals surface area contributed by atoms with Crippen molar-refractivity contribution in [2.24, 2.45) is 0 Å². The van der Waals surface area contributed by atoms with Gasteiger partial charge in [-0.15, -0.1) is 0 Å². The van der Waals surface area contributed by atoms with Gasteiger partial charge in [0.25, 0.3) is 5.91 Å². The van der Waals surface area contributed by atoms with E-state index in [9.17, 15) is 24.6 Å². The lowest BCUT2D eigenvalue weighted by atomic mass is 9.98. The Morgan fingerprint density at radius 2 is 1.80 bits per heavy atom. The molecule has 0 unspecified atom stereocenters. The van der Waals surface area contributed by atoms with E-state index >= 15 is 0 Å². The third kappa shape index (κ3) is 3.89. The molecule has 0 aliphatic carbocycles. The molecule has 1 amide bonds. The Labute approximate surface area is 147 Å². The van der Waals surface area contributed by atoms with Gasteiger partial charge in [-0.2, -0.15) is 0 Å². The van der Waals surface area contributed by atoms with E-state index in [-0.39, 0.29) is 27.3 Å². The van der Waals surface area contributed by atoms with Crippen molar-refractivity contribution in [1.82, 2.24) is 0 Å². The molecule has 7 nitrogen and oxygen atoms in total. The second kappa shape index (κ2) is 7.23. The van der Waals surface area contributed by atoms with Crippen LogP contribution in [0.4, 0.5) is 5.69 Å². The zero-order valence-corrected chi connectivity index (χ0v) is 14.0. The average molecular weight is 363 g/mol. The summed E-state index contributed by atoms with van der Waals surface area (Å²) in [6.45, 7) is 1.33. The summed E-state index contributed by atoms with van der Waals surface area (Å²) in [5, 5.41) is 23.1. The number of carbonyl (C=O) groups is 3. The quantitative estimate of drug-likeness (QED) is 0.840. The second-order valence-electron chi connectivity index (χ2n) is 5.09. The van der Waals surface area contributed by atoms with E-state index in [1.54, 1.807) is 6.07 Å². The number of nitrogens with one attached hydrogen (secondary N) is 1. The van der Waals surface area contributed by atoms with Gasteiger partial charge in [0, 0.05) is 16.8 Å². The Morgan fingerprint density at radius 3 is 2.32 bits per heavy atom. The first-order valence-electron chi connectivity index (χ1n) is 6.98. The van der Waals surface area contributed by atoms with Crippen molar-refractivity contribution in [2.75, 3.05) is 12.4 Å². The van der Waals surface area contributed by atoms with Crippen LogP contribution in [-0.2, 0) is 0 Å². The van der Waals surface area contributed by atoms with Crippen molar-refractivity contribution in [3.05, 3.63) is 57.6 Å². The Morgan fingerprint density at radius 1 is 1.16 bits per heavy atom. The largest absolute Gasteiger partial charge is 0.545 e. The summed E-state index contributed by atoms with van der Waals surface area (Å²) in [6, 6.07) is 6.70.